The average molecular weight is 253 g/mol. The van der Waals surface area contributed by atoms with Crippen molar-refractivity contribution in [1.82, 2.24) is 4.90 Å². The third kappa shape index (κ3) is 2.24. The molecule has 0 N–H and O–H groups in total. The summed E-state index contributed by atoms with van der Waals surface area (Å²) in [6, 6.07) is 17.5. The van der Waals surface area contributed by atoms with Crippen molar-refractivity contribution in [2.45, 2.75) is 12.5 Å². The third-order valence-corrected chi connectivity index (χ3v) is 3.96. The highest BCUT2D eigenvalue weighted by atomic mass is 16.5. The fraction of sp³-hybridized carbons (Fsp3) is 0.294. The maximum absolute atomic E-state index is 5.24. The summed E-state index contributed by atoms with van der Waals surface area (Å²) < 4.78 is 5.24. The van der Waals surface area contributed by atoms with E-state index in [2.05, 4.69) is 48.3 Å². The number of hydrogen-bond donors (Lipinski definition) is 0. The molecular weight excluding hydrogens is 234 g/mol. The third-order valence-electron chi connectivity index (χ3n) is 3.96. The molecule has 0 aromatic heterocycles. The van der Waals surface area contributed by atoms with Crippen molar-refractivity contribution in [1.29, 1.82) is 0 Å². The molecule has 1 heterocycles. The van der Waals surface area contributed by atoms with Crippen LogP contribution in [0.4, 0.5) is 0 Å². The fourth-order valence-electron chi connectivity index (χ4n) is 2.91. The lowest BCUT2D eigenvalue weighted by molar-refractivity contribution is 0.264. The largest absolute Gasteiger partial charge is 0.497 e. The lowest BCUT2D eigenvalue weighted by Crippen LogP contribution is -2.32. The second-order valence-electron chi connectivity index (χ2n) is 5.11. The van der Waals surface area contributed by atoms with Crippen LogP contribution in [0.25, 0.3) is 0 Å². The van der Waals surface area contributed by atoms with Crippen LogP contribution in [0.3, 0.4) is 0 Å². The summed E-state index contributed by atoms with van der Waals surface area (Å²) in [5.41, 5.74) is 4.23. The van der Waals surface area contributed by atoms with Crippen molar-refractivity contribution < 1.29 is 4.74 Å². The van der Waals surface area contributed by atoms with Crippen LogP contribution >= 0.6 is 0 Å². The van der Waals surface area contributed by atoms with E-state index in [4.69, 9.17) is 4.74 Å². The number of likely N-dealkylation sites (N-methyl/N-ethyl adjacent to an activating group) is 1. The minimum atomic E-state index is 0.357. The first kappa shape index (κ1) is 12.2. The van der Waals surface area contributed by atoms with Crippen molar-refractivity contribution in [3.05, 3.63) is 65.2 Å². The number of fused-ring (bicyclic) bond motifs is 1. The van der Waals surface area contributed by atoms with E-state index in [1.807, 2.05) is 12.1 Å². The highest BCUT2D eigenvalue weighted by molar-refractivity contribution is 5.41. The van der Waals surface area contributed by atoms with Crippen molar-refractivity contribution >= 4 is 0 Å². The zero-order valence-electron chi connectivity index (χ0n) is 11.5. The van der Waals surface area contributed by atoms with Crippen LogP contribution in [0.5, 0.6) is 5.75 Å². The van der Waals surface area contributed by atoms with Gasteiger partial charge < -0.3 is 4.74 Å². The highest BCUT2D eigenvalue weighted by Gasteiger charge is 2.25. The Morgan fingerprint density at radius 3 is 2.53 bits per heavy atom. The van der Waals surface area contributed by atoms with Crippen LogP contribution < -0.4 is 4.74 Å². The van der Waals surface area contributed by atoms with Gasteiger partial charge in [0.15, 0.2) is 0 Å². The molecule has 2 heteroatoms. The molecule has 0 radical (unpaired) electrons. The molecule has 1 aliphatic rings. The molecule has 2 aromatic rings. The van der Waals surface area contributed by atoms with Gasteiger partial charge in [-0.25, -0.2) is 0 Å². The molecule has 19 heavy (non-hydrogen) atoms. The van der Waals surface area contributed by atoms with Gasteiger partial charge in [-0.1, -0.05) is 36.4 Å². The normalized spacial score (nSPS) is 18.9. The zero-order valence-corrected chi connectivity index (χ0v) is 11.5. The summed E-state index contributed by atoms with van der Waals surface area (Å²) in [7, 11) is 3.90. The molecular formula is C17H19NO. The molecule has 0 aliphatic carbocycles. The van der Waals surface area contributed by atoms with Gasteiger partial charge in [-0.15, -0.1) is 0 Å². The summed E-state index contributed by atoms with van der Waals surface area (Å²) in [5.74, 6) is 0.912. The van der Waals surface area contributed by atoms with Crippen LogP contribution in [-0.4, -0.2) is 25.6 Å². The van der Waals surface area contributed by atoms with Crippen LogP contribution in [-0.2, 0) is 6.42 Å². The predicted octanol–water partition coefficient (Wildman–Crippen LogP) is 3.27. The Labute approximate surface area is 114 Å². The Bertz CT molecular complexity index is 562. The average Bonchev–Trinajstić information content (AvgIpc) is 2.47. The summed E-state index contributed by atoms with van der Waals surface area (Å²) in [4.78, 5) is 2.42. The van der Waals surface area contributed by atoms with Gasteiger partial charge in [0.25, 0.3) is 0 Å². The molecule has 3 rings (SSSR count). The van der Waals surface area contributed by atoms with Gasteiger partial charge in [-0.05, 0) is 42.3 Å². The van der Waals surface area contributed by atoms with Gasteiger partial charge in [0.05, 0.1) is 13.2 Å². The summed E-state index contributed by atoms with van der Waals surface area (Å²) in [6.07, 6.45) is 1.14. The van der Waals surface area contributed by atoms with E-state index in [0.29, 0.717) is 6.04 Å². The summed E-state index contributed by atoms with van der Waals surface area (Å²) in [6.45, 7) is 1.10. The predicted molar refractivity (Wildman–Crippen MR) is 77.6 cm³/mol. The molecule has 0 saturated carbocycles. The molecule has 0 fully saturated rings. The number of nitrogens with zero attached hydrogens (tertiary/aromatic N) is 1. The van der Waals surface area contributed by atoms with Crippen molar-refractivity contribution in [2.24, 2.45) is 0 Å². The zero-order chi connectivity index (χ0) is 13.2. The molecule has 1 atom stereocenters. The van der Waals surface area contributed by atoms with E-state index in [0.717, 1.165) is 18.7 Å². The Morgan fingerprint density at radius 1 is 1.05 bits per heavy atom. The minimum absolute atomic E-state index is 0.357. The summed E-state index contributed by atoms with van der Waals surface area (Å²) >= 11 is 0. The van der Waals surface area contributed by atoms with Gasteiger partial charge in [0, 0.05) is 6.54 Å². The molecule has 2 nitrogen and oxygen atoms in total. The first-order chi connectivity index (χ1) is 9.29. The number of methoxy groups -OCH3 is 1. The number of benzene rings is 2. The van der Waals surface area contributed by atoms with Crippen molar-refractivity contribution in [3.8, 4) is 5.75 Å². The van der Waals surface area contributed by atoms with Gasteiger partial charge >= 0.3 is 0 Å². The van der Waals surface area contributed by atoms with Gasteiger partial charge in [0.2, 0.25) is 0 Å². The van der Waals surface area contributed by atoms with E-state index < -0.39 is 0 Å². The van der Waals surface area contributed by atoms with Crippen LogP contribution in [0, 0.1) is 0 Å². The van der Waals surface area contributed by atoms with Crippen molar-refractivity contribution in [3.63, 3.8) is 0 Å². The Kier molecular flexibility index (Phi) is 3.26. The van der Waals surface area contributed by atoms with E-state index >= 15 is 0 Å². The lowest BCUT2D eigenvalue weighted by Gasteiger charge is -2.35. The molecule has 1 aliphatic heterocycles. The Hall–Kier alpha value is -1.80. The maximum Gasteiger partial charge on any atom is 0.118 e. The molecule has 0 saturated heterocycles. The van der Waals surface area contributed by atoms with Gasteiger partial charge in [-0.2, -0.15) is 0 Å². The van der Waals surface area contributed by atoms with E-state index in [1.54, 1.807) is 7.11 Å². The Balaban J connectivity index is 2.02. The Morgan fingerprint density at radius 2 is 1.79 bits per heavy atom. The van der Waals surface area contributed by atoms with E-state index in [-0.39, 0.29) is 0 Å². The number of ether oxygens (including phenoxy) is 1. The minimum Gasteiger partial charge on any atom is -0.497 e. The first-order valence-electron chi connectivity index (χ1n) is 6.71. The molecule has 0 amide bonds. The number of rotatable bonds is 2. The monoisotopic (exact) mass is 253 g/mol. The van der Waals surface area contributed by atoms with Crippen LogP contribution in [0.1, 0.15) is 22.7 Å². The quantitative estimate of drug-likeness (QED) is 0.814. The standard InChI is InChI=1S/C17H19NO/c1-18-12-11-13-5-3-4-6-16(13)17(18)14-7-9-15(19-2)10-8-14/h3-10,17H,11-12H2,1-2H3/t17-/m1/s1. The van der Waals surface area contributed by atoms with Crippen LogP contribution in [0.15, 0.2) is 48.5 Å². The molecule has 0 unspecified atom stereocenters. The summed E-state index contributed by atoms with van der Waals surface area (Å²) in [5, 5.41) is 0. The van der Waals surface area contributed by atoms with Crippen LogP contribution in [0.2, 0.25) is 0 Å². The lowest BCUT2D eigenvalue weighted by atomic mass is 9.88. The second-order valence-corrected chi connectivity index (χ2v) is 5.11. The smallest absolute Gasteiger partial charge is 0.118 e. The number of hydrogen-bond acceptors (Lipinski definition) is 2. The fourth-order valence-corrected chi connectivity index (χ4v) is 2.91. The molecule has 2 aromatic carbocycles. The SMILES string of the molecule is COc1ccc([C@@H]2c3ccccc3CCN2C)cc1. The highest BCUT2D eigenvalue weighted by Crippen LogP contribution is 2.34. The second kappa shape index (κ2) is 5.06. The topological polar surface area (TPSA) is 12.5 Å². The molecule has 0 bridgehead atoms. The van der Waals surface area contributed by atoms with E-state index in [9.17, 15) is 0 Å². The van der Waals surface area contributed by atoms with Gasteiger partial charge in [-0.3, -0.25) is 4.90 Å². The van der Waals surface area contributed by atoms with Gasteiger partial charge in [0.1, 0.15) is 5.75 Å². The maximum atomic E-state index is 5.24. The molecule has 98 valence electrons. The first-order valence-corrected chi connectivity index (χ1v) is 6.71. The molecule has 0 spiro atoms. The van der Waals surface area contributed by atoms with E-state index in [1.165, 1.54) is 16.7 Å². The van der Waals surface area contributed by atoms with Crippen molar-refractivity contribution in [2.75, 3.05) is 20.7 Å².